The summed E-state index contributed by atoms with van der Waals surface area (Å²) in [5.41, 5.74) is 0.630. The second kappa shape index (κ2) is 8.08. The van der Waals surface area contributed by atoms with Crippen LogP contribution in [0.25, 0.3) is 0 Å². The zero-order valence-corrected chi connectivity index (χ0v) is 16.2. The molecule has 0 radical (unpaired) electrons. The Balaban J connectivity index is 1.61. The highest BCUT2D eigenvalue weighted by Gasteiger charge is 2.47. The maximum Gasteiger partial charge on any atom is 0.269 e. The first-order chi connectivity index (χ1) is 13.3. The fourth-order valence-electron chi connectivity index (χ4n) is 4.17. The predicted molar refractivity (Wildman–Crippen MR) is 101 cm³/mol. The van der Waals surface area contributed by atoms with E-state index < -0.39 is 4.92 Å². The van der Waals surface area contributed by atoms with E-state index in [4.69, 9.17) is 0 Å². The van der Waals surface area contributed by atoms with Crippen LogP contribution in [0.15, 0.2) is 24.3 Å². The summed E-state index contributed by atoms with van der Waals surface area (Å²) in [6, 6.07) is 5.82. The summed E-state index contributed by atoms with van der Waals surface area (Å²) >= 11 is 0. The van der Waals surface area contributed by atoms with Gasteiger partial charge >= 0.3 is 0 Å². The number of nitro groups is 1. The molecule has 0 bridgehead atoms. The molecular weight excluding hydrogens is 362 g/mol. The first-order valence-corrected chi connectivity index (χ1v) is 9.66. The van der Waals surface area contributed by atoms with Gasteiger partial charge in [0.1, 0.15) is 0 Å². The number of carbonyl (C=O) groups is 3. The lowest BCUT2D eigenvalue weighted by molar-refractivity contribution is -0.384. The smallest absolute Gasteiger partial charge is 0.269 e. The molecule has 0 aromatic heterocycles. The second-order valence-corrected chi connectivity index (χ2v) is 7.61. The van der Waals surface area contributed by atoms with E-state index in [0.717, 1.165) is 25.7 Å². The summed E-state index contributed by atoms with van der Waals surface area (Å²) in [5, 5.41) is 11.0. The maximum atomic E-state index is 12.6. The minimum atomic E-state index is -0.470. The summed E-state index contributed by atoms with van der Waals surface area (Å²) in [5.74, 6) is -0.918. The molecule has 1 saturated heterocycles. The number of nitrogens with zero attached hydrogens (tertiary/aromatic N) is 3. The van der Waals surface area contributed by atoms with Crippen LogP contribution >= 0.6 is 0 Å². The molecule has 8 heteroatoms. The highest BCUT2D eigenvalue weighted by molar-refractivity contribution is 6.05. The van der Waals surface area contributed by atoms with Crippen molar-refractivity contribution in [1.82, 2.24) is 9.80 Å². The molecule has 0 spiro atoms. The molecule has 0 unspecified atom stereocenters. The highest BCUT2D eigenvalue weighted by Crippen LogP contribution is 2.38. The minimum absolute atomic E-state index is 0.0268. The lowest BCUT2D eigenvalue weighted by atomic mass is 9.81. The van der Waals surface area contributed by atoms with E-state index in [9.17, 15) is 24.5 Å². The molecule has 3 rings (SSSR count). The van der Waals surface area contributed by atoms with Crippen molar-refractivity contribution < 1.29 is 19.3 Å². The van der Waals surface area contributed by atoms with Crippen LogP contribution in [0, 0.1) is 22.0 Å². The van der Waals surface area contributed by atoms with Gasteiger partial charge in [0.25, 0.3) is 5.69 Å². The molecule has 1 saturated carbocycles. The van der Waals surface area contributed by atoms with Crippen molar-refractivity contribution in [1.29, 1.82) is 0 Å². The van der Waals surface area contributed by atoms with E-state index in [-0.39, 0.29) is 54.3 Å². The Labute approximate surface area is 163 Å². The number of fused-ring (bicyclic) bond motifs is 1. The van der Waals surface area contributed by atoms with Gasteiger partial charge in [0.2, 0.25) is 17.7 Å². The zero-order valence-electron chi connectivity index (χ0n) is 16.2. The topological polar surface area (TPSA) is 101 Å². The molecule has 1 aliphatic carbocycles. The Morgan fingerprint density at radius 2 is 1.86 bits per heavy atom. The Kier molecular flexibility index (Phi) is 5.76. The van der Waals surface area contributed by atoms with E-state index in [1.807, 2.05) is 0 Å². The van der Waals surface area contributed by atoms with Crippen molar-refractivity contribution in [3.05, 3.63) is 39.9 Å². The number of likely N-dealkylation sites (tertiary alicyclic amines) is 1. The molecule has 8 nitrogen and oxygen atoms in total. The maximum absolute atomic E-state index is 12.6. The minimum Gasteiger partial charge on any atom is -0.339 e. The van der Waals surface area contributed by atoms with E-state index >= 15 is 0 Å². The summed E-state index contributed by atoms with van der Waals surface area (Å²) in [6.45, 7) is 1.88. The number of nitro benzene ring substituents is 1. The van der Waals surface area contributed by atoms with Crippen LogP contribution in [0.3, 0.4) is 0 Å². The Bertz CT molecular complexity index is 785. The van der Waals surface area contributed by atoms with Gasteiger partial charge in [-0.05, 0) is 25.3 Å². The van der Waals surface area contributed by atoms with Crippen molar-refractivity contribution in [2.45, 2.75) is 45.1 Å². The van der Waals surface area contributed by atoms with Crippen LogP contribution in [0.4, 0.5) is 5.69 Å². The van der Waals surface area contributed by atoms with Gasteiger partial charge in [0.15, 0.2) is 0 Å². The number of hydrogen-bond donors (Lipinski definition) is 0. The van der Waals surface area contributed by atoms with Crippen LogP contribution < -0.4 is 0 Å². The second-order valence-electron chi connectivity index (χ2n) is 7.61. The number of carbonyl (C=O) groups excluding carboxylic acids is 3. The Morgan fingerprint density at radius 1 is 1.25 bits per heavy atom. The number of amides is 3. The number of rotatable bonds is 6. The average Bonchev–Trinajstić information content (AvgIpc) is 2.95. The summed E-state index contributed by atoms with van der Waals surface area (Å²) < 4.78 is 0. The van der Waals surface area contributed by atoms with Gasteiger partial charge in [-0.25, -0.2) is 0 Å². The van der Waals surface area contributed by atoms with Crippen LogP contribution in [0.2, 0.25) is 0 Å². The standard InChI is InChI=1S/C20H25N3O5/c1-13(14-6-5-7-15(12-14)23(27)28)21(2)18(24)10-11-22-19(25)16-8-3-4-9-17(16)20(22)26/h5-7,12-13,16-17H,3-4,8-11H2,1-2H3/t13-,16+,17+/m1/s1. The quantitative estimate of drug-likeness (QED) is 0.424. The van der Waals surface area contributed by atoms with Crippen LogP contribution in [-0.4, -0.2) is 46.0 Å². The van der Waals surface area contributed by atoms with E-state index in [1.54, 1.807) is 26.1 Å². The van der Waals surface area contributed by atoms with Gasteiger partial charge in [-0.2, -0.15) is 0 Å². The van der Waals surface area contributed by atoms with Gasteiger partial charge in [-0.15, -0.1) is 0 Å². The number of non-ortho nitro benzene ring substituents is 1. The number of benzene rings is 1. The molecule has 3 amide bonds. The van der Waals surface area contributed by atoms with Crippen LogP contribution in [-0.2, 0) is 14.4 Å². The summed E-state index contributed by atoms with van der Waals surface area (Å²) in [6.07, 6.45) is 3.49. The van der Waals surface area contributed by atoms with Gasteiger partial charge in [-0.3, -0.25) is 29.4 Å². The highest BCUT2D eigenvalue weighted by atomic mass is 16.6. The van der Waals surface area contributed by atoms with E-state index in [0.29, 0.717) is 5.56 Å². The summed E-state index contributed by atoms with van der Waals surface area (Å²) in [4.78, 5) is 50.8. The van der Waals surface area contributed by atoms with Crippen LogP contribution in [0.1, 0.15) is 50.6 Å². The molecular formula is C20H25N3O5. The average molecular weight is 387 g/mol. The molecule has 2 aliphatic rings. The van der Waals surface area contributed by atoms with E-state index in [1.165, 1.54) is 21.9 Å². The fourth-order valence-corrected chi connectivity index (χ4v) is 4.17. The fraction of sp³-hybridized carbons (Fsp3) is 0.550. The van der Waals surface area contributed by atoms with Crippen molar-refractivity contribution in [2.75, 3.05) is 13.6 Å². The van der Waals surface area contributed by atoms with Crippen molar-refractivity contribution >= 4 is 23.4 Å². The molecule has 3 atom stereocenters. The summed E-state index contributed by atoms with van der Waals surface area (Å²) in [7, 11) is 1.62. The normalized spacial score (nSPS) is 22.7. The molecule has 0 N–H and O–H groups in total. The number of imide groups is 1. The van der Waals surface area contributed by atoms with Gasteiger partial charge in [0.05, 0.1) is 22.8 Å². The van der Waals surface area contributed by atoms with Gasteiger partial charge in [-0.1, -0.05) is 25.0 Å². The lowest BCUT2D eigenvalue weighted by Crippen LogP contribution is -2.36. The van der Waals surface area contributed by atoms with Crippen molar-refractivity contribution in [2.24, 2.45) is 11.8 Å². The van der Waals surface area contributed by atoms with Crippen molar-refractivity contribution in [3.63, 3.8) is 0 Å². The third kappa shape index (κ3) is 3.76. The lowest BCUT2D eigenvalue weighted by Gasteiger charge is -2.26. The third-order valence-electron chi connectivity index (χ3n) is 6.02. The predicted octanol–water partition coefficient (Wildman–Crippen LogP) is 2.68. The molecule has 1 aliphatic heterocycles. The Hall–Kier alpha value is -2.77. The van der Waals surface area contributed by atoms with Crippen LogP contribution in [0.5, 0.6) is 0 Å². The van der Waals surface area contributed by atoms with Gasteiger partial charge in [0, 0.05) is 32.1 Å². The third-order valence-corrected chi connectivity index (χ3v) is 6.02. The largest absolute Gasteiger partial charge is 0.339 e. The SMILES string of the molecule is C[C@H](c1cccc([N+](=O)[O-])c1)N(C)C(=O)CCN1C(=O)[C@H]2CCCC[C@@H]2C1=O. The van der Waals surface area contributed by atoms with Crippen molar-refractivity contribution in [3.8, 4) is 0 Å². The van der Waals surface area contributed by atoms with E-state index in [2.05, 4.69) is 0 Å². The first kappa shape index (κ1) is 20.0. The molecule has 1 aromatic carbocycles. The number of hydrogen-bond acceptors (Lipinski definition) is 5. The Morgan fingerprint density at radius 3 is 2.43 bits per heavy atom. The zero-order chi connectivity index (χ0) is 20.4. The molecule has 1 aromatic rings. The first-order valence-electron chi connectivity index (χ1n) is 9.66. The molecule has 2 fully saturated rings. The monoisotopic (exact) mass is 387 g/mol. The molecule has 28 heavy (non-hydrogen) atoms. The molecule has 1 heterocycles. The van der Waals surface area contributed by atoms with Gasteiger partial charge < -0.3 is 4.90 Å². The molecule has 150 valence electrons.